The van der Waals surface area contributed by atoms with E-state index in [2.05, 4.69) is 5.32 Å². The molecule has 4 N–H and O–H groups in total. The van der Waals surface area contributed by atoms with Crippen LogP contribution < -0.4 is 21.3 Å². The van der Waals surface area contributed by atoms with Crippen molar-refractivity contribution in [2.24, 2.45) is 5.84 Å². The van der Waals surface area contributed by atoms with Crippen molar-refractivity contribution in [2.45, 2.75) is 0 Å². The average molecular weight is 278 g/mol. The van der Waals surface area contributed by atoms with Crippen molar-refractivity contribution < 1.29 is 19.1 Å². The second kappa shape index (κ2) is 6.02. The largest absolute Gasteiger partial charge is 0.492 e. The molecule has 1 fully saturated rings. The second-order valence-electron chi connectivity index (χ2n) is 4.05. The minimum Gasteiger partial charge on any atom is -0.492 e. The second-order valence-corrected chi connectivity index (χ2v) is 4.05. The lowest BCUT2D eigenvalue weighted by molar-refractivity contribution is -0.125. The third-order valence-electron chi connectivity index (χ3n) is 2.77. The predicted molar refractivity (Wildman–Crippen MR) is 68.7 cm³/mol. The molecule has 8 nitrogen and oxygen atoms in total. The maximum atomic E-state index is 11.3. The van der Waals surface area contributed by atoms with E-state index in [-0.39, 0.29) is 25.6 Å². The van der Waals surface area contributed by atoms with Gasteiger partial charge >= 0.3 is 6.03 Å². The fourth-order valence-electron chi connectivity index (χ4n) is 1.72. The highest BCUT2D eigenvalue weighted by Crippen LogP contribution is 2.12. The van der Waals surface area contributed by atoms with Crippen LogP contribution in [0.4, 0.5) is 4.79 Å². The van der Waals surface area contributed by atoms with E-state index < -0.39 is 11.9 Å². The Hall–Kier alpha value is -2.61. The molecule has 0 unspecified atom stereocenters. The number of rotatable bonds is 5. The van der Waals surface area contributed by atoms with E-state index in [4.69, 9.17) is 10.6 Å². The molecule has 1 aliphatic rings. The van der Waals surface area contributed by atoms with Gasteiger partial charge in [-0.25, -0.2) is 10.6 Å². The number of imide groups is 1. The molecule has 1 aromatic rings. The molecule has 0 radical (unpaired) electrons. The van der Waals surface area contributed by atoms with Gasteiger partial charge in [0.25, 0.3) is 5.91 Å². The van der Waals surface area contributed by atoms with E-state index in [1.54, 1.807) is 24.3 Å². The van der Waals surface area contributed by atoms with Crippen LogP contribution in [0, 0.1) is 0 Å². The number of nitrogens with zero attached hydrogens (tertiary/aromatic N) is 1. The van der Waals surface area contributed by atoms with Crippen LogP contribution in [0.5, 0.6) is 5.75 Å². The van der Waals surface area contributed by atoms with Gasteiger partial charge in [0.05, 0.1) is 13.1 Å². The number of hydrazine groups is 1. The maximum absolute atomic E-state index is 11.3. The minimum atomic E-state index is -0.409. The van der Waals surface area contributed by atoms with Crippen LogP contribution in [-0.4, -0.2) is 42.4 Å². The molecule has 0 spiro atoms. The molecule has 1 heterocycles. The molecular formula is C12H14N4O4. The molecule has 0 aromatic heterocycles. The number of urea groups is 1. The van der Waals surface area contributed by atoms with Gasteiger partial charge in [0.15, 0.2) is 0 Å². The van der Waals surface area contributed by atoms with Crippen LogP contribution in [-0.2, 0) is 4.79 Å². The molecule has 106 valence electrons. The molecule has 4 amide bonds. The SMILES string of the molecule is NNC(=O)c1ccc(OCCN2C(=O)CNC2=O)cc1. The highest BCUT2D eigenvalue weighted by atomic mass is 16.5. The van der Waals surface area contributed by atoms with E-state index in [0.29, 0.717) is 11.3 Å². The zero-order valence-corrected chi connectivity index (χ0v) is 10.6. The number of nitrogens with two attached hydrogens (primary N) is 1. The van der Waals surface area contributed by atoms with Crippen LogP contribution in [0.3, 0.4) is 0 Å². The van der Waals surface area contributed by atoms with Gasteiger partial charge < -0.3 is 10.1 Å². The monoisotopic (exact) mass is 278 g/mol. The molecule has 20 heavy (non-hydrogen) atoms. The van der Waals surface area contributed by atoms with Gasteiger partial charge in [0, 0.05) is 5.56 Å². The third kappa shape index (κ3) is 3.04. The first-order chi connectivity index (χ1) is 9.61. The number of ether oxygens (including phenoxy) is 1. The molecule has 1 aromatic carbocycles. The Bertz CT molecular complexity index is 513. The quantitative estimate of drug-likeness (QED) is 0.283. The number of hydrogen-bond acceptors (Lipinski definition) is 5. The first kappa shape index (κ1) is 13.8. The Morgan fingerprint density at radius 1 is 1.35 bits per heavy atom. The highest BCUT2D eigenvalue weighted by molar-refractivity contribution is 6.01. The topological polar surface area (TPSA) is 114 Å². The van der Waals surface area contributed by atoms with E-state index >= 15 is 0 Å². The summed E-state index contributed by atoms with van der Waals surface area (Å²) in [5, 5.41) is 2.42. The highest BCUT2D eigenvalue weighted by Gasteiger charge is 2.27. The summed E-state index contributed by atoms with van der Waals surface area (Å²) in [4.78, 5) is 34.9. The van der Waals surface area contributed by atoms with Crippen molar-refractivity contribution in [1.82, 2.24) is 15.6 Å². The summed E-state index contributed by atoms with van der Waals surface area (Å²) in [5.41, 5.74) is 2.43. The standard InChI is InChI=1S/C12H14N4O4/c13-15-11(18)8-1-3-9(4-2-8)20-6-5-16-10(17)7-14-12(16)19/h1-4H,5-7,13H2,(H,14,19)(H,15,18). The lowest BCUT2D eigenvalue weighted by Gasteiger charge is -2.13. The summed E-state index contributed by atoms with van der Waals surface area (Å²) in [6.45, 7) is 0.388. The average Bonchev–Trinajstić information content (AvgIpc) is 2.79. The van der Waals surface area contributed by atoms with Crippen LogP contribution in [0.25, 0.3) is 0 Å². The number of nitrogen functional groups attached to an aromatic ring is 1. The zero-order valence-electron chi connectivity index (χ0n) is 10.6. The lowest BCUT2D eigenvalue weighted by atomic mass is 10.2. The molecule has 0 aliphatic carbocycles. The number of carbonyl (C=O) groups excluding carboxylic acids is 3. The minimum absolute atomic E-state index is 0.0295. The predicted octanol–water partition coefficient (Wildman–Crippen LogP) is -0.779. The van der Waals surface area contributed by atoms with E-state index in [9.17, 15) is 14.4 Å². The molecule has 0 saturated carbocycles. The summed E-state index contributed by atoms with van der Waals surface area (Å²) in [6.07, 6.45) is 0. The maximum Gasteiger partial charge on any atom is 0.324 e. The summed E-state index contributed by atoms with van der Waals surface area (Å²) in [6, 6.07) is 5.93. The number of hydrogen-bond donors (Lipinski definition) is 3. The van der Waals surface area contributed by atoms with Crippen molar-refractivity contribution in [3.63, 3.8) is 0 Å². The molecule has 2 rings (SSSR count). The van der Waals surface area contributed by atoms with Crippen LogP contribution in [0.2, 0.25) is 0 Å². The number of amides is 4. The van der Waals surface area contributed by atoms with Crippen molar-refractivity contribution in [3.05, 3.63) is 29.8 Å². The van der Waals surface area contributed by atoms with Gasteiger partial charge in [-0.05, 0) is 24.3 Å². The Morgan fingerprint density at radius 2 is 2.05 bits per heavy atom. The van der Waals surface area contributed by atoms with Crippen LogP contribution >= 0.6 is 0 Å². The van der Waals surface area contributed by atoms with Gasteiger partial charge in [-0.3, -0.25) is 19.9 Å². The molecule has 0 atom stereocenters. The molecule has 1 aliphatic heterocycles. The number of nitrogens with one attached hydrogen (secondary N) is 2. The summed E-state index contributed by atoms with van der Waals surface area (Å²) in [5.74, 6) is 4.88. The van der Waals surface area contributed by atoms with Gasteiger partial charge in [-0.2, -0.15) is 0 Å². The first-order valence-electron chi connectivity index (χ1n) is 5.94. The Labute approximate surface area is 114 Å². The first-order valence-corrected chi connectivity index (χ1v) is 5.94. The van der Waals surface area contributed by atoms with Crippen molar-refractivity contribution >= 4 is 17.8 Å². The lowest BCUT2D eigenvalue weighted by Crippen LogP contribution is -2.34. The normalized spacial score (nSPS) is 14.2. The molecular weight excluding hydrogens is 264 g/mol. The van der Waals surface area contributed by atoms with Gasteiger partial charge in [0.2, 0.25) is 5.91 Å². The molecule has 0 bridgehead atoms. The smallest absolute Gasteiger partial charge is 0.324 e. The summed E-state index contributed by atoms with van der Waals surface area (Å²) < 4.78 is 5.40. The van der Waals surface area contributed by atoms with E-state index in [1.807, 2.05) is 5.43 Å². The van der Waals surface area contributed by atoms with Gasteiger partial charge in [0.1, 0.15) is 12.4 Å². The molecule has 8 heteroatoms. The van der Waals surface area contributed by atoms with Crippen LogP contribution in [0.15, 0.2) is 24.3 Å². The van der Waals surface area contributed by atoms with Gasteiger partial charge in [-0.15, -0.1) is 0 Å². The van der Waals surface area contributed by atoms with E-state index in [1.165, 1.54) is 0 Å². The van der Waals surface area contributed by atoms with Crippen molar-refractivity contribution in [2.75, 3.05) is 19.7 Å². The fourth-order valence-corrected chi connectivity index (χ4v) is 1.72. The van der Waals surface area contributed by atoms with Crippen LogP contribution in [0.1, 0.15) is 10.4 Å². The number of carbonyl (C=O) groups is 3. The fraction of sp³-hybridized carbons (Fsp3) is 0.250. The summed E-state index contributed by atoms with van der Waals surface area (Å²) in [7, 11) is 0. The zero-order chi connectivity index (χ0) is 14.5. The van der Waals surface area contributed by atoms with E-state index in [0.717, 1.165) is 4.90 Å². The molecule has 1 saturated heterocycles. The Balaban J connectivity index is 1.84. The summed E-state index contributed by atoms with van der Waals surface area (Å²) >= 11 is 0. The Morgan fingerprint density at radius 3 is 2.60 bits per heavy atom. The van der Waals surface area contributed by atoms with Crippen molar-refractivity contribution in [3.8, 4) is 5.75 Å². The third-order valence-corrected chi connectivity index (χ3v) is 2.77. The number of benzene rings is 1. The van der Waals surface area contributed by atoms with Gasteiger partial charge in [-0.1, -0.05) is 0 Å². The van der Waals surface area contributed by atoms with Crippen molar-refractivity contribution in [1.29, 1.82) is 0 Å². The Kier molecular flexibility index (Phi) is 4.16.